The molecule has 0 aliphatic rings. The lowest BCUT2D eigenvalue weighted by molar-refractivity contribution is 0.386. The van der Waals surface area contributed by atoms with Gasteiger partial charge in [0.1, 0.15) is 0 Å². The van der Waals surface area contributed by atoms with Crippen molar-refractivity contribution in [1.82, 2.24) is 0 Å². The van der Waals surface area contributed by atoms with Crippen LogP contribution >= 0.6 is 0 Å². The molecular formula is C17H20FNO. The molecule has 20 heavy (non-hydrogen) atoms. The normalized spacial score (nSPS) is 12.2. The molecule has 0 aliphatic heterocycles. The first-order chi connectivity index (χ1) is 9.65. The minimum atomic E-state index is -0.342. The number of ether oxygens (including phenoxy) is 1. The summed E-state index contributed by atoms with van der Waals surface area (Å²) in [6.07, 6.45) is 0.969. The molecule has 0 heterocycles. The fourth-order valence-electron chi connectivity index (χ4n) is 2.27. The van der Waals surface area contributed by atoms with Crippen LogP contribution in [0, 0.1) is 5.82 Å². The van der Waals surface area contributed by atoms with Gasteiger partial charge in [-0.2, -0.15) is 0 Å². The first-order valence-electron chi connectivity index (χ1n) is 6.79. The van der Waals surface area contributed by atoms with E-state index in [1.165, 1.54) is 18.7 Å². The maximum Gasteiger partial charge on any atom is 0.165 e. The highest BCUT2D eigenvalue weighted by Gasteiger charge is 2.07. The quantitative estimate of drug-likeness (QED) is 0.895. The van der Waals surface area contributed by atoms with E-state index >= 15 is 0 Å². The summed E-state index contributed by atoms with van der Waals surface area (Å²) in [6, 6.07) is 13.2. The van der Waals surface area contributed by atoms with Gasteiger partial charge < -0.3 is 10.5 Å². The molecule has 106 valence electrons. The highest BCUT2D eigenvalue weighted by molar-refractivity contribution is 5.64. The number of nitrogens with two attached hydrogens (primary N) is 1. The SMILES string of the molecule is COc1ccc(-c2ccc(C(C)CCN)cc2)cc1F. The molecule has 0 saturated carbocycles. The minimum absolute atomic E-state index is 0.266. The van der Waals surface area contributed by atoms with Gasteiger partial charge in [0.25, 0.3) is 0 Å². The van der Waals surface area contributed by atoms with Crippen LogP contribution in [0.15, 0.2) is 42.5 Å². The van der Waals surface area contributed by atoms with E-state index in [0.717, 1.165) is 17.5 Å². The van der Waals surface area contributed by atoms with Crippen LogP contribution in [0.3, 0.4) is 0 Å². The van der Waals surface area contributed by atoms with Crippen molar-refractivity contribution in [2.75, 3.05) is 13.7 Å². The molecule has 2 aromatic carbocycles. The average molecular weight is 273 g/mol. The van der Waals surface area contributed by atoms with Crippen molar-refractivity contribution in [1.29, 1.82) is 0 Å². The first kappa shape index (κ1) is 14.5. The molecule has 2 nitrogen and oxygen atoms in total. The molecule has 0 saturated heterocycles. The third-order valence-corrected chi connectivity index (χ3v) is 3.56. The molecular weight excluding hydrogens is 253 g/mol. The van der Waals surface area contributed by atoms with E-state index in [-0.39, 0.29) is 11.6 Å². The van der Waals surface area contributed by atoms with Crippen LogP contribution in [-0.4, -0.2) is 13.7 Å². The lowest BCUT2D eigenvalue weighted by Gasteiger charge is -2.11. The Balaban J connectivity index is 2.23. The Hall–Kier alpha value is -1.87. The topological polar surface area (TPSA) is 35.2 Å². The summed E-state index contributed by atoms with van der Waals surface area (Å²) in [6.45, 7) is 2.85. The predicted octanol–water partition coefficient (Wildman–Crippen LogP) is 3.95. The maximum atomic E-state index is 13.7. The van der Waals surface area contributed by atoms with Gasteiger partial charge in [-0.05, 0) is 47.7 Å². The summed E-state index contributed by atoms with van der Waals surface area (Å²) in [5.74, 6) is 0.370. The van der Waals surface area contributed by atoms with Crippen molar-refractivity contribution < 1.29 is 9.13 Å². The molecule has 2 aromatic rings. The number of methoxy groups -OCH3 is 1. The molecule has 3 heteroatoms. The number of benzene rings is 2. The molecule has 1 unspecified atom stereocenters. The molecule has 2 rings (SSSR count). The van der Waals surface area contributed by atoms with Crippen LogP contribution in [0.5, 0.6) is 5.75 Å². The van der Waals surface area contributed by atoms with E-state index in [2.05, 4.69) is 19.1 Å². The number of hydrogen-bond donors (Lipinski definition) is 1. The molecule has 0 spiro atoms. The molecule has 0 radical (unpaired) electrons. The van der Waals surface area contributed by atoms with Crippen molar-refractivity contribution in [2.45, 2.75) is 19.3 Å². The van der Waals surface area contributed by atoms with E-state index in [4.69, 9.17) is 10.5 Å². The van der Waals surface area contributed by atoms with Crippen LogP contribution in [0.2, 0.25) is 0 Å². The van der Waals surface area contributed by atoms with Gasteiger partial charge in [-0.15, -0.1) is 0 Å². The second kappa shape index (κ2) is 6.53. The van der Waals surface area contributed by atoms with Crippen molar-refractivity contribution in [3.8, 4) is 16.9 Å². The fourth-order valence-corrected chi connectivity index (χ4v) is 2.27. The molecule has 0 amide bonds. The van der Waals surface area contributed by atoms with E-state index in [9.17, 15) is 4.39 Å². The van der Waals surface area contributed by atoms with Gasteiger partial charge >= 0.3 is 0 Å². The van der Waals surface area contributed by atoms with E-state index in [1.54, 1.807) is 6.07 Å². The van der Waals surface area contributed by atoms with Crippen LogP contribution in [0.1, 0.15) is 24.8 Å². The van der Waals surface area contributed by atoms with Crippen LogP contribution < -0.4 is 10.5 Å². The zero-order valence-electron chi connectivity index (χ0n) is 11.9. The van der Waals surface area contributed by atoms with Gasteiger partial charge in [0.05, 0.1) is 7.11 Å². The number of hydrogen-bond acceptors (Lipinski definition) is 2. The average Bonchev–Trinajstić information content (AvgIpc) is 2.47. The number of halogens is 1. The van der Waals surface area contributed by atoms with Crippen LogP contribution in [-0.2, 0) is 0 Å². The van der Waals surface area contributed by atoms with Gasteiger partial charge in [0.15, 0.2) is 11.6 Å². The largest absolute Gasteiger partial charge is 0.494 e. The van der Waals surface area contributed by atoms with Gasteiger partial charge in [-0.25, -0.2) is 4.39 Å². The third kappa shape index (κ3) is 3.17. The lowest BCUT2D eigenvalue weighted by Crippen LogP contribution is -2.04. The summed E-state index contributed by atoms with van der Waals surface area (Å²) in [5, 5.41) is 0. The second-order valence-electron chi connectivity index (χ2n) is 4.95. The molecule has 1 atom stereocenters. The molecule has 0 bridgehead atoms. The summed E-state index contributed by atoms with van der Waals surface area (Å²) >= 11 is 0. The van der Waals surface area contributed by atoms with Crippen molar-refractivity contribution in [2.24, 2.45) is 5.73 Å². The Morgan fingerprint density at radius 2 is 1.75 bits per heavy atom. The Bertz CT molecular complexity index is 566. The van der Waals surface area contributed by atoms with Crippen molar-refractivity contribution in [3.05, 3.63) is 53.8 Å². The Kier molecular flexibility index (Phi) is 4.74. The zero-order chi connectivity index (χ0) is 14.5. The predicted molar refractivity (Wildman–Crippen MR) is 80.5 cm³/mol. The van der Waals surface area contributed by atoms with E-state index in [1.807, 2.05) is 18.2 Å². The summed E-state index contributed by atoms with van der Waals surface area (Å²) in [7, 11) is 1.46. The third-order valence-electron chi connectivity index (χ3n) is 3.56. The molecule has 0 aromatic heterocycles. The number of rotatable bonds is 5. The monoisotopic (exact) mass is 273 g/mol. The van der Waals surface area contributed by atoms with Crippen LogP contribution in [0.25, 0.3) is 11.1 Å². The van der Waals surface area contributed by atoms with Crippen molar-refractivity contribution in [3.63, 3.8) is 0 Å². The van der Waals surface area contributed by atoms with E-state index in [0.29, 0.717) is 12.5 Å². The van der Waals surface area contributed by atoms with Gasteiger partial charge in [0.2, 0.25) is 0 Å². The standard InChI is InChI=1S/C17H20FNO/c1-12(9-10-19)13-3-5-14(6-4-13)15-7-8-17(20-2)16(18)11-15/h3-8,11-12H,9-10,19H2,1-2H3. The van der Waals surface area contributed by atoms with Crippen LogP contribution in [0.4, 0.5) is 4.39 Å². The first-order valence-corrected chi connectivity index (χ1v) is 6.79. The molecule has 2 N–H and O–H groups in total. The summed E-state index contributed by atoms with van der Waals surface area (Å²) in [4.78, 5) is 0. The van der Waals surface area contributed by atoms with E-state index < -0.39 is 0 Å². The van der Waals surface area contributed by atoms with Crippen molar-refractivity contribution >= 4 is 0 Å². The maximum absolute atomic E-state index is 13.7. The molecule has 0 fully saturated rings. The Morgan fingerprint density at radius 1 is 1.10 bits per heavy atom. The lowest BCUT2D eigenvalue weighted by atomic mass is 9.95. The highest BCUT2D eigenvalue weighted by atomic mass is 19.1. The van der Waals surface area contributed by atoms with Gasteiger partial charge in [-0.1, -0.05) is 37.3 Å². The highest BCUT2D eigenvalue weighted by Crippen LogP contribution is 2.27. The zero-order valence-corrected chi connectivity index (χ0v) is 11.9. The fraction of sp³-hybridized carbons (Fsp3) is 0.294. The minimum Gasteiger partial charge on any atom is -0.494 e. The summed E-state index contributed by atoms with van der Waals surface area (Å²) < 4.78 is 18.6. The molecule has 0 aliphatic carbocycles. The van der Waals surface area contributed by atoms with Gasteiger partial charge in [0, 0.05) is 0 Å². The second-order valence-corrected chi connectivity index (χ2v) is 4.95. The Labute approximate surface area is 119 Å². The smallest absolute Gasteiger partial charge is 0.165 e. The Morgan fingerprint density at radius 3 is 2.30 bits per heavy atom. The van der Waals surface area contributed by atoms with Gasteiger partial charge in [-0.3, -0.25) is 0 Å². The summed E-state index contributed by atoms with van der Waals surface area (Å²) in [5.41, 5.74) is 8.68.